The third-order valence-corrected chi connectivity index (χ3v) is 3.62. The van der Waals surface area contributed by atoms with E-state index in [4.69, 9.17) is 4.42 Å². The number of nitrogens with one attached hydrogen (secondary N) is 1. The fourth-order valence-corrected chi connectivity index (χ4v) is 2.36. The van der Waals surface area contributed by atoms with Crippen molar-refractivity contribution in [3.05, 3.63) is 70.7 Å². The Balaban J connectivity index is 1.59. The summed E-state index contributed by atoms with van der Waals surface area (Å²) in [5.74, 6) is -1.32. The second-order valence-corrected chi connectivity index (χ2v) is 5.53. The molecule has 0 unspecified atom stereocenters. The summed E-state index contributed by atoms with van der Waals surface area (Å²) in [5.41, 5.74) is -0.0251. The number of nitrogens with zero attached hydrogens (tertiary/aromatic N) is 2. The molecule has 2 aromatic heterocycles. The molecule has 0 spiro atoms. The number of aryl methyl sites for hydroxylation is 1. The van der Waals surface area contributed by atoms with Crippen LogP contribution in [0.15, 0.2) is 57.9 Å². The number of furan rings is 1. The van der Waals surface area contributed by atoms with Gasteiger partial charge in [0.25, 0.3) is 5.56 Å². The first-order valence-corrected chi connectivity index (χ1v) is 7.90. The maximum absolute atomic E-state index is 13.5. The lowest BCUT2D eigenvalue weighted by Gasteiger charge is -2.08. The number of benzene rings is 1. The zero-order valence-corrected chi connectivity index (χ0v) is 13.6. The minimum absolute atomic E-state index is 0.0229. The van der Waals surface area contributed by atoms with Gasteiger partial charge in [-0.1, -0.05) is 0 Å². The summed E-state index contributed by atoms with van der Waals surface area (Å²) in [6.07, 6.45) is 1.83. The van der Waals surface area contributed by atoms with Crippen LogP contribution in [0.3, 0.4) is 0 Å². The summed E-state index contributed by atoms with van der Waals surface area (Å²) in [4.78, 5) is 23.7. The van der Waals surface area contributed by atoms with Gasteiger partial charge >= 0.3 is 0 Å². The second kappa shape index (κ2) is 7.73. The van der Waals surface area contributed by atoms with Crippen LogP contribution in [0.25, 0.3) is 11.5 Å². The van der Waals surface area contributed by atoms with Gasteiger partial charge in [0.15, 0.2) is 5.76 Å². The molecule has 3 aromatic rings. The van der Waals surface area contributed by atoms with Crippen LogP contribution in [0.4, 0.5) is 14.5 Å². The minimum Gasteiger partial charge on any atom is -0.463 e. The highest BCUT2D eigenvalue weighted by Crippen LogP contribution is 2.16. The third-order valence-electron chi connectivity index (χ3n) is 3.62. The van der Waals surface area contributed by atoms with Crippen molar-refractivity contribution in [2.75, 3.05) is 5.32 Å². The van der Waals surface area contributed by atoms with Crippen molar-refractivity contribution in [2.24, 2.45) is 0 Å². The summed E-state index contributed by atoms with van der Waals surface area (Å²) in [7, 11) is 0. The summed E-state index contributed by atoms with van der Waals surface area (Å²) >= 11 is 0. The quantitative estimate of drug-likeness (QED) is 0.733. The molecule has 26 heavy (non-hydrogen) atoms. The maximum atomic E-state index is 13.5. The Kier molecular flexibility index (Phi) is 5.21. The van der Waals surface area contributed by atoms with Gasteiger partial charge in [0.05, 0.1) is 12.0 Å². The summed E-state index contributed by atoms with van der Waals surface area (Å²) in [6.45, 7) is 0.201. The van der Waals surface area contributed by atoms with Gasteiger partial charge in [-0.2, -0.15) is 5.10 Å². The van der Waals surface area contributed by atoms with Crippen LogP contribution in [0.2, 0.25) is 0 Å². The third kappa shape index (κ3) is 4.21. The van der Waals surface area contributed by atoms with Crippen molar-refractivity contribution < 1.29 is 18.0 Å². The van der Waals surface area contributed by atoms with Crippen LogP contribution in [-0.2, 0) is 11.3 Å². The van der Waals surface area contributed by atoms with Gasteiger partial charge in [0.1, 0.15) is 17.3 Å². The number of amides is 1. The molecular formula is C18H15F2N3O3. The first-order valence-electron chi connectivity index (χ1n) is 7.90. The summed E-state index contributed by atoms with van der Waals surface area (Å²) in [5, 5.41) is 6.50. The van der Waals surface area contributed by atoms with E-state index < -0.39 is 17.5 Å². The van der Waals surface area contributed by atoms with Crippen molar-refractivity contribution in [3.63, 3.8) is 0 Å². The monoisotopic (exact) mass is 359 g/mol. The molecule has 0 saturated carbocycles. The second-order valence-electron chi connectivity index (χ2n) is 5.53. The molecule has 1 aromatic carbocycles. The lowest BCUT2D eigenvalue weighted by molar-refractivity contribution is -0.116. The molecule has 0 bridgehead atoms. The van der Waals surface area contributed by atoms with E-state index in [2.05, 4.69) is 10.4 Å². The number of carbonyl (C=O) groups excluding carboxylic acids is 1. The molecule has 8 heteroatoms. The summed E-state index contributed by atoms with van der Waals surface area (Å²) in [6, 6.07) is 9.17. The number of aromatic nitrogens is 2. The van der Waals surface area contributed by atoms with Gasteiger partial charge in [-0.05, 0) is 36.8 Å². The van der Waals surface area contributed by atoms with Crippen molar-refractivity contribution in [3.8, 4) is 11.5 Å². The van der Waals surface area contributed by atoms with E-state index in [-0.39, 0.29) is 24.2 Å². The van der Waals surface area contributed by atoms with E-state index in [1.807, 2.05) is 0 Å². The van der Waals surface area contributed by atoms with E-state index in [0.717, 1.165) is 18.2 Å². The van der Waals surface area contributed by atoms with Crippen LogP contribution in [0.5, 0.6) is 0 Å². The largest absolute Gasteiger partial charge is 0.463 e. The number of carbonyl (C=O) groups is 1. The van der Waals surface area contributed by atoms with E-state index in [1.54, 1.807) is 18.2 Å². The van der Waals surface area contributed by atoms with Crippen molar-refractivity contribution in [2.45, 2.75) is 19.4 Å². The average molecular weight is 359 g/mol. The number of halogens is 2. The normalized spacial score (nSPS) is 10.7. The molecule has 0 radical (unpaired) electrons. The molecule has 0 saturated heterocycles. The number of rotatable bonds is 6. The van der Waals surface area contributed by atoms with E-state index in [9.17, 15) is 18.4 Å². The van der Waals surface area contributed by atoms with E-state index >= 15 is 0 Å². The number of hydrogen-bond acceptors (Lipinski definition) is 4. The average Bonchev–Trinajstić information content (AvgIpc) is 3.14. The highest BCUT2D eigenvalue weighted by atomic mass is 19.1. The Morgan fingerprint density at radius 3 is 2.81 bits per heavy atom. The highest BCUT2D eigenvalue weighted by molar-refractivity contribution is 5.90. The van der Waals surface area contributed by atoms with Crippen molar-refractivity contribution >= 4 is 11.6 Å². The van der Waals surface area contributed by atoms with Crippen LogP contribution in [0, 0.1) is 11.6 Å². The Bertz CT molecular complexity index is 968. The Morgan fingerprint density at radius 1 is 1.19 bits per heavy atom. The van der Waals surface area contributed by atoms with Gasteiger partial charge in [-0.15, -0.1) is 0 Å². The molecule has 0 atom stereocenters. The molecule has 1 N–H and O–H groups in total. The van der Waals surface area contributed by atoms with E-state index in [0.29, 0.717) is 17.9 Å². The molecule has 134 valence electrons. The molecule has 0 aliphatic rings. The van der Waals surface area contributed by atoms with Crippen LogP contribution < -0.4 is 10.9 Å². The van der Waals surface area contributed by atoms with Gasteiger partial charge < -0.3 is 9.73 Å². The van der Waals surface area contributed by atoms with Crippen molar-refractivity contribution in [1.82, 2.24) is 9.78 Å². The van der Waals surface area contributed by atoms with Crippen LogP contribution >= 0.6 is 0 Å². The Labute approximate surface area is 147 Å². The zero-order chi connectivity index (χ0) is 18.5. The Hall–Kier alpha value is -3.29. The maximum Gasteiger partial charge on any atom is 0.266 e. The van der Waals surface area contributed by atoms with Gasteiger partial charge in [-0.3, -0.25) is 9.59 Å². The molecule has 0 aliphatic carbocycles. The summed E-state index contributed by atoms with van der Waals surface area (Å²) < 4.78 is 33.1. The fraction of sp³-hybridized carbons (Fsp3) is 0.167. The van der Waals surface area contributed by atoms with Crippen molar-refractivity contribution in [1.29, 1.82) is 0 Å². The van der Waals surface area contributed by atoms with Crippen LogP contribution in [0.1, 0.15) is 12.8 Å². The van der Waals surface area contributed by atoms with Gasteiger partial charge in [0, 0.05) is 25.1 Å². The molecule has 1 amide bonds. The SMILES string of the molecule is O=C(CCCn1nc(-c2ccco2)ccc1=O)Nc1cc(F)ccc1F. The zero-order valence-electron chi connectivity index (χ0n) is 13.6. The lowest BCUT2D eigenvalue weighted by atomic mass is 10.2. The predicted molar refractivity (Wildman–Crippen MR) is 90.4 cm³/mol. The first kappa shape index (κ1) is 17.5. The molecular weight excluding hydrogens is 344 g/mol. The fourth-order valence-electron chi connectivity index (χ4n) is 2.36. The molecule has 2 heterocycles. The van der Waals surface area contributed by atoms with Gasteiger partial charge in [-0.25, -0.2) is 13.5 Å². The first-order chi connectivity index (χ1) is 12.5. The molecule has 0 aliphatic heterocycles. The lowest BCUT2D eigenvalue weighted by Crippen LogP contribution is -2.23. The van der Waals surface area contributed by atoms with E-state index in [1.165, 1.54) is 17.0 Å². The van der Waals surface area contributed by atoms with Gasteiger partial charge in [0.2, 0.25) is 5.91 Å². The van der Waals surface area contributed by atoms with Crippen LogP contribution in [-0.4, -0.2) is 15.7 Å². The minimum atomic E-state index is -0.719. The standard InChI is InChI=1S/C18H15F2N3O3/c19-12-5-6-13(20)15(11-12)21-17(24)4-1-9-23-18(25)8-7-14(22-23)16-3-2-10-26-16/h2-3,5-8,10-11H,1,4,9H2,(H,21,24). The highest BCUT2D eigenvalue weighted by Gasteiger charge is 2.10. The topological polar surface area (TPSA) is 77.1 Å². The predicted octanol–water partition coefficient (Wildman–Crippen LogP) is 3.20. The molecule has 0 fully saturated rings. The number of anilines is 1. The smallest absolute Gasteiger partial charge is 0.266 e. The molecule has 3 rings (SSSR count). The Morgan fingerprint density at radius 2 is 2.04 bits per heavy atom. The number of hydrogen-bond donors (Lipinski definition) is 1. The molecule has 6 nitrogen and oxygen atoms in total.